The standard InChI is InChI=1S/C25H16F5N3O3/c1-35-24(34)17-13-15(36-23-18(25(28,29)30)4-2-11-32-23)7-9-20(17)33-21-5-3-10-31-22(21)16-8-6-14(26)12-19(16)27/h2-13,33H,1H3. The Balaban J connectivity index is 1.72. The van der Waals surface area contributed by atoms with E-state index in [2.05, 4.69) is 15.3 Å². The fourth-order valence-electron chi connectivity index (χ4n) is 3.32. The lowest BCUT2D eigenvalue weighted by molar-refractivity contribution is -0.138. The number of halogens is 5. The minimum Gasteiger partial charge on any atom is -0.465 e. The van der Waals surface area contributed by atoms with E-state index in [1.807, 2.05) is 0 Å². The molecule has 4 aromatic rings. The topological polar surface area (TPSA) is 73.3 Å². The van der Waals surface area contributed by atoms with Gasteiger partial charge in [-0.15, -0.1) is 0 Å². The number of ether oxygens (including phenoxy) is 2. The zero-order chi connectivity index (χ0) is 25.9. The van der Waals surface area contributed by atoms with Gasteiger partial charge >= 0.3 is 12.1 Å². The number of esters is 1. The molecule has 0 unspecified atom stereocenters. The van der Waals surface area contributed by atoms with Gasteiger partial charge in [0.05, 0.1) is 29.7 Å². The number of alkyl halides is 3. The van der Waals surface area contributed by atoms with Crippen molar-refractivity contribution in [3.05, 3.63) is 95.8 Å². The van der Waals surface area contributed by atoms with Gasteiger partial charge in [0, 0.05) is 24.0 Å². The van der Waals surface area contributed by atoms with E-state index in [1.54, 1.807) is 12.1 Å². The van der Waals surface area contributed by atoms with Gasteiger partial charge < -0.3 is 14.8 Å². The summed E-state index contributed by atoms with van der Waals surface area (Å²) in [5.74, 6) is -3.22. The lowest BCUT2D eigenvalue weighted by Gasteiger charge is -2.16. The van der Waals surface area contributed by atoms with Gasteiger partial charge in [0.15, 0.2) is 0 Å². The summed E-state index contributed by atoms with van der Waals surface area (Å²) in [4.78, 5) is 20.3. The molecular weight excluding hydrogens is 485 g/mol. The number of aromatic nitrogens is 2. The Morgan fingerprint density at radius 2 is 1.67 bits per heavy atom. The second-order valence-corrected chi connectivity index (χ2v) is 7.30. The minimum atomic E-state index is -4.71. The van der Waals surface area contributed by atoms with Crippen LogP contribution in [0.2, 0.25) is 0 Å². The van der Waals surface area contributed by atoms with Crippen molar-refractivity contribution in [1.29, 1.82) is 0 Å². The second kappa shape index (κ2) is 9.98. The highest BCUT2D eigenvalue weighted by Gasteiger charge is 2.35. The number of benzene rings is 2. The molecule has 11 heteroatoms. The van der Waals surface area contributed by atoms with E-state index < -0.39 is 35.2 Å². The molecule has 0 radical (unpaired) electrons. The molecule has 0 amide bonds. The van der Waals surface area contributed by atoms with Gasteiger partial charge in [0.2, 0.25) is 5.88 Å². The highest BCUT2D eigenvalue weighted by atomic mass is 19.4. The second-order valence-electron chi connectivity index (χ2n) is 7.30. The summed E-state index contributed by atoms with van der Waals surface area (Å²) in [7, 11) is 1.13. The molecule has 2 heterocycles. The molecule has 0 aliphatic carbocycles. The Morgan fingerprint density at radius 3 is 2.39 bits per heavy atom. The Hall–Kier alpha value is -4.54. The third-order valence-corrected chi connectivity index (χ3v) is 4.95. The van der Waals surface area contributed by atoms with Crippen LogP contribution in [0.15, 0.2) is 73.1 Å². The predicted octanol–water partition coefficient (Wildman–Crippen LogP) is 6.76. The maximum absolute atomic E-state index is 14.4. The Labute approximate surface area is 201 Å². The van der Waals surface area contributed by atoms with Crippen LogP contribution in [0.1, 0.15) is 15.9 Å². The molecular formula is C25H16F5N3O3. The zero-order valence-corrected chi connectivity index (χ0v) is 18.4. The van der Waals surface area contributed by atoms with Crippen LogP contribution < -0.4 is 10.1 Å². The van der Waals surface area contributed by atoms with Gasteiger partial charge in [0.25, 0.3) is 0 Å². The maximum atomic E-state index is 14.4. The van der Waals surface area contributed by atoms with Crippen LogP contribution >= 0.6 is 0 Å². The molecule has 184 valence electrons. The quantitative estimate of drug-likeness (QED) is 0.232. The van der Waals surface area contributed by atoms with E-state index in [4.69, 9.17) is 9.47 Å². The van der Waals surface area contributed by atoms with Gasteiger partial charge in [-0.05, 0) is 54.6 Å². The summed E-state index contributed by atoms with van der Waals surface area (Å²) < 4.78 is 77.8. The monoisotopic (exact) mass is 501 g/mol. The molecule has 4 rings (SSSR count). The molecule has 6 nitrogen and oxygen atoms in total. The first-order chi connectivity index (χ1) is 17.2. The van der Waals surface area contributed by atoms with Crippen molar-refractivity contribution in [2.75, 3.05) is 12.4 Å². The van der Waals surface area contributed by atoms with E-state index >= 15 is 0 Å². The van der Waals surface area contributed by atoms with Gasteiger partial charge in [-0.25, -0.2) is 18.6 Å². The lowest BCUT2D eigenvalue weighted by atomic mass is 10.1. The van der Waals surface area contributed by atoms with Crippen LogP contribution in [0.25, 0.3) is 11.3 Å². The number of carbonyl (C=O) groups is 1. The number of carbonyl (C=O) groups excluding carboxylic acids is 1. The highest BCUT2D eigenvalue weighted by Crippen LogP contribution is 2.38. The third-order valence-electron chi connectivity index (χ3n) is 4.95. The number of rotatable bonds is 6. The molecule has 0 saturated carbocycles. The average Bonchev–Trinajstić information content (AvgIpc) is 2.85. The smallest absolute Gasteiger partial charge is 0.421 e. The average molecular weight is 501 g/mol. The summed E-state index contributed by atoms with van der Waals surface area (Å²) in [6.07, 6.45) is -2.16. The van der Waals surface area contributed by atoms with Gasteiger partial charge in [-0.2, -0.15) is 13.2 Å². The van der Waals surface area contributed by atoms with Crippen molar-refractivity contribution in [1.82, 2.24) is 9.97 Å². The molecule has 0 aliphatic heterocycles. The van der Waals surface area contributed by atoms with Crippen molar-refractivity contribution in [3.63, 3.8) is 0 Å². The molecule has 0 atom stereocenters. The Kier molecular flexibility index (Phi) is 6.82. The Bertz CT molecular complexity index is 1430. The van der Waals surface area contributed by atoms with E-state index in [-0.39, 0.29) is 33.9 Å². The van der Waals surface area contributed by atoms with E-state index in [0.29, 0.717) is 6.07 Å². The predicted molar refractivity (Wildman–Crippen MR) is 120 cm³/mol. The first kappa shape index (κ1) is 24.6. The molecule has 0 fully saturated rings. The van der Waals surface area contributed by atoms with Crippen LogP contribution in [0.4, 0.5) is 33.3 Å². The molecule has 36 heavy (non-hydrogen) atoms. The lowest BCUT2D eigenvalue weighted by Crippen LogP contribution is -2.09. The summed E-state index contributed by atoms with van der Waals surface area (Å²) in [5, 5.41) is 2.95. The first-order valence-electron chi connectivity index (χ1n) is 10.3. The van der Waals surface area contributed by atoms with Crippen LogP contribution in [-0.2, 0) is 10.9 Å². The molecule has 0 spiro atoms. The number of nitrogens with zero attached hydrogens (tertiary/aromatic N) is 2. The summed E-state index contributed by atoms with van der Waals surface area (Å²) in [6, 6.07) is 11.9. The van der Waals surface area contributed by atoms with Crippen LogP contribution in [0, 0.1) is 11.6 Å². The number of nitrogens with one attached hydrogen (secondary N) is 1. The highest BCUT2D eigenvalue weighted by molar-refractivity contribution is 5.97. The van der Waals surface area contributed by atoms with Crippen molar-refractivity contribution in [3.8, 4) is 22.9 Å². The van der Waals surface area contributed by atoms with Crippen molar-refractivity contribution < 1.29 is 36.2 Å². The van der Waals surface area contributed by atoms with Gasteiger partial charge in [-0.3, -0.25) is 4.98 Å². The zero-order valence-electron chi connectivity index (χ0n) is 18.4. The summed E-state index contributed by atoms with van der Waals surface area (Å²) >= 11 is 0. The molecule has 0 bridgehead atoms. The van der Waals surface area contributed by atoms with E-state index in [0.717, 1.165) is 31.5 Å². The number of hydrogen-bond donors (Lipinski definition) is 1. The first-order valence-corrected chi connectivity index (χ1v) is 10.3. The minimum absolute atomic E-state index is 0.00824. The van der Waals surface area contributed by atoms with Crippen molar-refractivity contribution in [2.45, 2.75) is 6.18 Å². The number of hydrogen-bond acceptors (Lipinski definition) is 6. The van der Waals surface area contributed by atoms with Crippen LogP contribution in [0.5, 0.6) is 11.6 Å². The van der Waals surface area contributed by atoms with Crippen molar-refractivity contribution >= 4 is 17.3 Å². The molecule has 0 saturated heterocycles. The molecule has 2 aromatic carbocycles. The van der Waals surface area contributed by atoms with Crippen LogP contribution in [0.3, 0.4) is 0 Å². The maximum Gasteiger partial charge on any atom is 0.421 e. The number of pyridine rings is 2. The normalized spacial score (nSPS) is 11.2. The molecule has 0 aliphatic rings. The number of methoxy groups -OCH3 is 1. The summed E-state index contributed by atoms with van der Waals surface area (Å²) in [6.45, 7) is 0. The van der Waals surface area contributed by atoms with Crippen LogP contribution in [-0.4, -0.2) is 23.0 Å². The van der Waals surface area contributed by atoms with Gasteiger partial charge in [0.1, 0.15) is 22.9 Å². The number of anilines is 2. The summed E-state index contributed by atoms with van der Waals surface area (Å²) in [5.41, 5.74) is -0.598. The van der Waals surface area contributed by atoms with Gasteiger partial charge in [-0.1, -0.05) is 0 Å². The molecule has 1 N–H and O–H groups in total. The molecule has 2 aromatic heterocycles. The Morgan fingerprint density at radius 1 is 0.917 bits per heavy atom. The van der Waals surface area contributed by atoms with E-state index in [1.165, 1.54) is 30.5 Å². The SMILES string of the molecule is COC(=O)c1cc(Oc2ncccc2C(F)(F)F)ccc1Nc1cccnc1-c1ccc(F)cc1F. The largest absolute Gasteiger partial charge is 0.465 e. The third kappa shape index (κ3) is 5.24. The fourth-order valence-corrected chi connectivity index (χ4v) is 3.32. The van der Waals surface area contributed by atoms with E-state index in [9.17, 15) is 26.7 Å². The fraction of sp³-hybridized carbons (Fsp3) is 0.0800. The van der Waals surface area contributed by atoms with Crippen molar-refractivity contribution in [2.24, 2.45) is 0 Å².